The Hall–Kier alpha value is -1.27. The number of halogens is 1. The minimum absolute atomic E-state index is 0.0342. The summed E-state index contributed by atoms with van der Waals surface area (Å²) in [6.45, 7) is 5.85. The molecular weight excluding hydrogens is 284 g/mol. The molecule has 0 saturated heterocycles. The van der Waals surface area contributed by atoms with Crippen LogP contribution >= 0.6 is 23.4 Å². The lowest BCUT2D eigenvalue weighted by atomic mass is 10.1. The Morgan fingerprint density at radius 2 is 2.11 bits per heavy atom. The number of anilines is 1. The monoisotopic (exact) mass is 298 g/mol. The fourth-order valence-electron chi connectivity index (χ4n) is 1.96. The molecule has 0 bridgehead atoms. The summed E-state index contributed by atoms with van der Waals surface area (Å²) in [6.07, 6.45) is 1.91. The summed E-state index contributed by atoms with van der Waals surface area (Å²) >= 11 is 7.41. The highest BCUT2D eigenvalue weighted by Crippen LogP contribution is 2.25. The van der Waals surface area contributed by atoms with E-state index in [0.29, 0.717) is 16.1 Å². The molecule has 7 heteroatoms. The number of nitrogens with zero attached hydrogens (tertiary/aromatic N) is 3. The van der Waals surface area contributed by atoms with Gasteiger partial charge in [0.15, 0.2) is 5.16 Å². The van der Waals surface area contributed by atoms with Gasteiger partial charge in [-0.05, 0) is 27.0 Å². The Bertz CT molecular complexity index is 568. The van der Waals surface area contributed by atoms with Gasteiger partial charge in [0.1, 0.15) is 16.7 Å². The molecule has 0 aromatic carbocycles. The number of thioether (sulfide) groups is 1. The maximum Gasteiger partial charge on any atom is 0.190 e. The lowest BCUT2D eigenvalue weighted by Gasteiger charge is -2.14. The highest BCUT2D eigenvalue weighted by Gasteiger charge is 2.17. The fraction of sp³-hybridized carbons (Fsp3) is 0.417. The second kappa shape index (κ2) is 5.79. The van der Waals surface area contributed by atoms with Crippen LogP contribution in [0.1, 0.15) is 30.0 Å². The maximum absolute atomic E-state index is 5.96. The van der Waals surface area contributed by atoms with Gasteiger partial charge in [0.05, 0.1) is 11.7 Å². The van der Waals surface area contributed by atoms with Crippen molar-refractivity contribution in [1.29, 1.82) is 0 Å². The highest BCUT2D eigenvalue weighted by molar-refractivity contribution is 7.98. The molecule has 0 aliphatic rings. The molecule has 0 fully saturated rings. The van der Waals surface area contributed by atoms with E-state index < -0.39 is 0 Å². The van der Waals surface area contributed by atoms with Gasteiger partial charge in [-0.2, -0.15) is 0 Å². The highest BCUT2D eigenvalue weighted by atomic mass is 35.5. The second-order valence-electron chi connectivity index (χ2n) is 4.17. The van der Waals surface area contributed by atoms with E-state index in [2.05, 4.69) is 20.4 Å². The van der Waals surface area contributed by atoms with E-state index in [0.717, 1.165) is 17.0 Å². The molecule has 0 amide bonds. The molecule has 1 N–H and O–H groups in total. The largest absolute Gasteiger partial charge is 0.363 e. The molecule has 5 nitrogen and oxygen atoms in total. The summed E-state index contributed by atoms with van der Waals surface area (Å²) in [5.41, 5.74) is 1.92. The summed E-state index contributed by atoms with van der Waals surface area (Å²) in [4.78, 5) is 8.47. The minimum atomic E-state index is 0.0342. The van der Waals surface area contributed by atoms with Crippen LogP contribution in [0.4, 0.5) is 5.82 Å². The number of aryl methyl sites for hydroxylation is 2. The van der Waals surface area contributed by atoms with Crippen molar-refractivity contribution in [3.63, 3.8) is 0 Å². The molecule has 0 spiro atoms. The summed E-state index contributed by atoms with van der Waals surface area (Å²) in [7, 11) is 0. The summed E-state index contributed by atoms with van der Waals surface area (Å²) in [6, 6.07) is 1.74. The Morgan fingerprint density at radius 1 is 1.37 bits per heavy atom. The first-order chi connectivity index (χ1) is 9.01. The number of nitrogens with one attached hydrogen (secondary N) is 1. The van der Waals surface area contributed by atoms with Crippen LogP contribution in [-0.4, -0.2) is 21.4 Å². The third-order valence-corrected chi connectivity index (χ3v) is 3.48. The lowest BCUT2D eigenvalue weighted by Crippen LogP contribution is -2.10. The molecule has 1 atom stereocenters. The lowest BCUT2D eigenvalue weighted by molar-refractivity contribution is 0.392. The van der Waals surface area contributed by atoms with Crippen LogP contribution in [0.3, 0.4) is 0 Å². The number of rotatable bonds is 4. The molecule has 0 radical (unpaired) electrons. The van der Waals surface area contributed by atoms with Gasteiger partial charge in [0, 0.05) is 11.6 Å². The van der Waals surface area contributed by atoms with Crippen LogP contribution in [0.15, 0.2) is 15.7 Å². The number of aromatic nitrogens is 3. The van der Waals surface area contributed by atoms with Crippen molar-refractivity contribution in [3.05, 3.63) is 28.2 Å². The van der Waals surface area contributed by atoms with Crippen LogP contribution in [0, 0.1) is 13.8 Å². The van der Waals surface area contributed by atoms with Gasteiger partial charge < -0.3 is 9.84 Å². The van der Waals surface area contributed by atoms with Crippen LogP contribution < -0.4 is 5.32 Å². The van der Waals surface area contributed by atoms with Gasteiger partial charge in [-0.15, -0.1) is 0 Å². The first-order valence-electron chi connectivity index (χ1n) is 5.79. The molecule has 19 heavy (non-hydrogen) atoms. The molecule has 0 saturated carbocycles. The molecule has 2 heterocycles. The SMILES string of the molecule is CSc1nc(Cl)cc(NC(C)c2c(C)noc2C)n1. The van der Waals surface area contributed by atoms with Crippen molar-refractivity contribution >= 4 is 29.2 Å². The van der Waals surface area contributed by atoms with Crippen LogP contribution in [0.2, 0.25) is 5.15 Å². The molecule has 1 unspecified atom stereocenters. The molecular formula is C12H15ClN4OS. The van der Waals surface area contributed by atoms with Crippen molar-refractivity contribution < 1.29 is 4.52 Å². The predicted molar refractivity (Wildman–Crippen MR) is 76.8 cm³/mol. The summed E-state index contributed by atoms with van der Waals surface area (Å²) < 4.78 is 5.17. The quantitative estimate of drug-likeness (QED) is 0.528. The minimum Gasteiger partial charge on any atom is -0.363 e. The zero-order chi connectivity index (χ0) is 14.0. The molecule has 0 aliphatic heterocycles. The van der Waals surface area contributed by atoms with E-state index in [1.807, 2.05) is 27.0 Å². The smallest absolute Gasteiger partial charge is 0.190 e. The van der Waals surface area contributed by atoms with Crippen LogP contribution in [0.25, 0.3) is 0 Å². The maximum atomic E-state index is 5.96. The van der Waals surface area contributed by atoms with E-state index >= 15 is 0 Å². The zero-order valence-electron chi connectivity index (χ0n) is 11.2. The van der Waals surface area contributed by atoms with Crippen molar-refractivity contribution in [2.45, 2.75) is 32.0 Å². The third-order valence-electron chi connectivity index (χ3n) is 2.74. The Morgan fingerprint density at radius 3 is 2.68 bits per heavy atom. The van der Waals surface area contributed by atoms with Crippen molar-refractivity contribution in [1.82, 2.24) is 15.1 Å². The van der Waals surface area contributed by atoms with Gasteiger partial charge in [0.25, 0.3) is 0 Å². The molecule has 2 aromatic rings. The average molecular weight is 299 g/mol. The Balaban J connectivity index is 2.24. The fourth-order valence-corrected chi connectivity index (χ4v) is 2.58. The Labute approximate surface area is 121 Å². The summed E-state index contributed by atoms with van der Waals surface area (Å²) in [5.74, 6) is 1.50. The van der Waals surface area contributed by atoms with Crippen LogP contribution in [0.5, 0.6) is 0 Å². The number of hydrogen-bond donors (Lipinski definition) is 1. The van der Waals surface area contributed by atoms with Gasteiger partial charge in [-0.25, -0.2) is 9.97 Å². The first kappa shape index (κ1) is 14.1. The van der Waals surface area contributed by atoms with Gasteiger partial charge >= 0.3 is 0 Å². The van der Waals surface area contributed by atoms with E-state index in [4.69, 9.17) is 16.1 Å². The zero-order valence-corrected chi connectivity index (χ0v) is 12.8. The van der Waals surface area contributed by atoms with Crippen molar-refractivity contribution in [3.8, 4) is 0 Å². The molecule has 2 aromatic heterocycles. The first-order valence-corrected chi connectivity index (χ1v) is 7.39. The average Bonchev–Trinajstić information content (AvgIpc) is 2.68. The van der Waals surface area contributed by atoms with E-state index in [1.165, 1.54) is 11.8 Å². The molecule has 0 aliphatic carbocycles. The van der Waals surface area contributed by atoms with E-state index in [-0.39, 0.29) is 6.04 Å². The van der Waals surface area contributed by atoms with Gasteiger partial charge in [-0.1, -0.05) is 28.5 Å². The standard InChI is InChI=1S/C12H15ClN4OS/c1-6(11-7(2)17-18-8(11)3)14-10-5-9(13)15-12(16-10)19-4/h5-6H,1-4H3,(H,14,15,16). The molecule has 102 valence electrons. The van der Waals surface area contributed by atoms with Gasteiger partial charge in [0.2, 0.25) is 0 Å². The van der Waals surface area contributed by atoms with E-state index in [1.54, 1.807) is 6.07 Å². The molecule has 2 rings (SSSR count). The van der Waals surface area contributed by atoms with Crippen molar-refractivity contribution in [2.75, 3.05) is 11.6 Å². The third kappa shape index (κ3) is 3.19. The normalized spacial score (nSPS) is 12.5. The van der Waals surface area contributed by atoms with Crippen LogP contribution in [-0.2, 0) is 0 Å². The van der Waals surface area contributed by atoms with Gasteiger partial charge in [-0.3, -0.25) is 0 Å². The predicted octanol–water partition coefficient (Wildman–Crippen LogP) is 3.63. The second-order valence-corrected chi connectivity index (χ2v) is 5.33. The topological polar surface area (TPSA) is 63.8 Å². The van der Waals surface area contributed by atoms with Crippen molar-refractivity contribution in [2.24, 2.45) is 0 Å². The summed E-state index contributed by atoms with van der Waals surface area (Å²) in [5, 5.41) is 8.31. The Kier molecular flexibility index (Phi) is 4.31. The number of hydrogen-bond acceptors (Lipinski definition) is 6. The van der Waals surface area contributed by atoms with E-state index in [9.17, 15) is 0 Å².